The van der Waals surface area contributed by atoms with Gasteiger partial charge in [-0.3, -0.25) is 9.59 Å². The highest BCUT2D eigenvalue weighted by molar-refractivity contribution is 7.08. The molecule has 0 spiro atoms. The lowest BCUT2D eigenvalue weighted by atomic mass is 10.0. The van der Waals surface area contributed by atoms with E-state index < -0.39 is 17.7 Å². The predicted octanol–water partition coefficient (Wildman–Crippen LogP) is 4.48. The average Bonchev–Trinajstić information content (AvgIpc) is 3.42. The van der Waals surface area contributed by atoms with E-state index in [1.807, 2.05) is 16.3 Å². The number of rotatable bonds is 4. The summed E-state index contributed by atoms with van der Waals surface area (Å²) in [5.41, 5.74) is 0.814. The number of thiophene rings is 1. The normalized spacial score (nSPS) is 22.5. The van der Waals surface area contributed by atoms with Gasteiger partial charge in [0.05, 0.1) is 17.5 Å². The Morgan fingerprint density at radius 1 is 1.24 bits per heavy atom. The van der Waals surface area contributed by atoms with Crippen LogP contribution in [0.1, 0.15) is 42.0 Å². The van der Waals surface area contributed by atoms with Crippen LogP contribution >= 0.6 is 11.3 Å². The molecule has 4 rings (SSSR count). The topological polar surface area (TPSA) is 40.6 Å². The largest absolute Gasteiger partial charge is 0.416 e. The Hall–Kier alpha value is -2.35. The van der Waals surface area contributed by atoms with E-state index in [1.54, 1.807) is 17.4 Å². The third-order valence-corrected chi connectivity index (χ3v) is 6.36. The lowest BCUT2D eigenvalue weighted by molar-refractivity contribution is -0.138. The van der Waals surface area contributed by atoms with Gasteiger partial charge in [0.15, 0.2) is 0 Å². The maximum absolute atomic E-state index is 13.1. The van der Waals surface area contributed by atoms with Gasteiger partial charge in [-0.1, -0.05) is 12.1 Å². The molecule has 8 heteroatoms. The Bertz CT molecular complexity index is 898. The molecule has 1 aromatic carbocycles. The Morgan fingerprint density at radius 3 is 2.79 bits per heavy atom. The lowest BCUT2D eigenvalue weighted by Gasteiger charge is -2.27. The van der Waals surface area contributed by atoms with Crippen molar-refractivity contribution in [3.05, 3.63) is 57.8 Å². The quantitative estimate of drug-likeness (QED) is 0.729. The molecule has 3 heterocycles. The van der Waals surface area contributed by atoms with Crippen LogP contribution in [0.4, 0.5) is 13.2 Å². The third-order valence-electron chi connectivity index (χ3n) is 5.66. The fourth-order valence-corrected chi connectivity index (χ4v) is 4.94. The Kier molecular flexibility index (Phi) is 5.38. The second-order valence-electron chi connectivity index (χ2n) is 7.62. The monoisotopic (exact) mass is 422 g/mol. The highest BCUT2D eigenvalue weighted by atomic mass is 32.1. The molecule has 0 unspecified atom stereocenters. The zero-order valence-electron chi connectivity index (χ0n) is 15.7. The summed E-state index contributed by atoms with van der Waals surface area (Å²) in [6.45, 7) is 1.01. The highest BCUT2D eigenvalue weighted by Crippen LogP contribution is 2.36. The maximum atomic E-state index is 13.1. The van der Waals surface area contributed by atoms with Gasteiger partial charge in [-0.25, -0.2) is 0 Å². The second kappa shape index (κ2) is 7.82. The fraction of sp³-hybridized carbons (Fsp3) is 0.429. The molecule has 0 radical (unpaired) electrons. The van der Waals surface area contributed by atoms with Crippen LogP contribution in [0.2, 0.25) is 0 Å². The minimum atomic E-state index is -4.42. The SMILES string of the molecule is O=C1C[C@H](C(=O)N2CCC[C@H]2c2ccsc2)CN1Cc1cccc(C(F)(F)F)c1. The zero-order valence-corrected chi connectivity index (χ0v) is 16.5. The average molecular weight is 422 g/mol. The maximum Gasteiger partial charge on any atom is 0.416 e. The van der Waals surface area contributed by atoms with Crippen LogP contribution in [-0.2, 0) is 22.3 Å². The number of carbonyl (C=O) groups excluding carboxylic acids is 2. The van der Waals surface area contributed by atoms with E-state index in [4.69, 9.17) is 0 Å². The zero-order chi connectivity index (χ0) is 20.6. The summed E-state index contributed by atoms with van der Waals surface area (Å²) < 4.78 is 38.8. The van der Waals surface area contributed by atoms with Crippen LogP contribution in [0.15, 0.2) is 41.1 Å². The molecular weight excluding hydrogens is 401 g/mol. The summed E-state index contributed by atoms with van der Waals surface area (Å²) in [5.74, 6) is -0.654. The van der Waals surface area contributed by atoms with Crippen LogP contribution in [0.25, 0.3) is 0 Å². The second-order valence-corrected chi connectivity index (χ2v) is 8.40. The first-order chi connectivity index (χ1) is 13.8. The van der Waals surface area contributed by atoms with Crippen LogP contribution in [-0.4, -0.2) is 34.7 Å². The van der Waals surface area contributed by atoms with Crippen molar-refractivity contribution in [1.82, 2.24) is 9.80 Å². The molecule has 2 saturated heterocycles. The molecule has 0 bridgehead atoms. The van der Waals surface area contributed by atoms with Crippen molar-refractivity contribution in [1.29, 1.82) is 0 Å². The Morgan fingerprint density at radius 2 is 2.07 bits per heavy atom. The van der Waals surface area contributed by atoms with Crippen LogP contribution in [0.5, 0.6) is 0 Å². The fourth-order valence-electron chi connectivity index (χ4n) is 4.23. The van der Waals surface area contributed by atoms with Gasteiger partial charge in [-0.05, 0) is 52.9 Å². The molecular formula is C21H21F3N2O2S. The summed E-state index contributed by atoms with van der Waals surface area (Å²) in [7, 11) is 0. The number of alkyl halides is 3. The van der Waals surface area contributed by atoms with Crippen LogP contribution < -0.4 is 0 Å². The number of amides is 2. The van der Waals surface area contributed by atoms with Gasteiger partial charge in [0.25, 0.3) is 0 Å². The standard InChI is InChI=1S/C21H21F3N2O2S/c22-21(23,24)17-4-1-3-14(9-17)11-25-12-16(10-19(25)27)20(28)26-7-2-5-18(26)15-6-8-29-13-15/h1,3-4,6,8-9,13,16,18H,2,5,7,10-12H2/t16-,18-/m0/s1. The van der Waals surface area contributed by atoms with E-state index in [-0.39, 0.29) is 37.4 Å². The Labute approximate surface area is 170 Å². The third kappa shape index (κ3) is 4.17. The molecule has 154 valence electrons. The highest BCUT2D eigenvalue weighted by Gasteiger charge is 2.40. The van der Waals surface area contributed by atoms with Gasteiger partial charge in [0.1, 0.15) is 0 Å². The first-order valence-corrected chi connectivity index (χ1v) is 10.5. The predicted molar refractivity (Wildman–Crippen MR) is 103 cm³/mol. The number of hydrogen-bond acceptors (Lipinski definition) is 3. The number of hydrogen-bond donors (Lipinski definition) is 0. The van der Waals surface area contributed by atoms with Gasteiger partial charge in [0.2, 0.25) is 11.8 Å². The molecule has 0 N–H and O–H groups in total. The van der Waals surface area contributed by atoms with E-state index >= 15 is 0 Å². The van der Waals surface area contributed by atoms with Crippen molar-refractivity contribution < 1.29 is 22.8 Å². The molecule has 4 nitrogen and oxygen atoms in total. The number of nitrogens with zero attached hydrogens (tertiary/aromatic N) is 2. The van der Waals surface area contributed by atoms with Gasteiger partial charge < -0.3 is 9.80 Å². The number of carbonyl (C=O) groups is 2. The minimum absolute atomic E-state index is 0.0291. The van der Waals surface area contributed by atoms with Crippen LogP contribution in [0.3, 0.4) is 0 Å². The van der Waals surface area contributed by atoms with Gasteiger partial charge in [-0.2, -0.15) is 24.5 Å². The van der Waals surface area contributed by atoms with E-state index in [1.165, 1.54) is 11.0 Å². The van der Waals surface area contributed by atoms with Crippen molar-refractivity contribution in [3.63, 3.8) is 0 Å². The summed E-state index contributed by atoms with van der Waals surface area (Å²) in [6, 6.07) is 7.08. The number of halogens is 3. The van der Waals surface area contributed by atoms with Gasteiger partial charge in [-0.15, -0.1) is 0 Å². The molecule has 1 aromatic heterocycles. The summed E-state index contributed by atoms with van der Waals surface area (Å²) in [4.78, 5) is 28.9. The van der Waals surface area contributed by atoms with Gasteiger partial charge >= 0.3 is 6.18 Å². The van der Waals surface area contributed by atoms with Crippen molar-refractivity contribution in [2.24, 2.45) is 5.92 Å². The van der Waals surface area contributed by atoms with E-state index in [9.17, 15) is 22.8 Å². The van der Waals surface area contributed by atoms with Crippen LogP contribution in [0, 0.1) is 5.92 Å². The van der Waals surface area contributed by atoms with Crippen molar-refractivity contribution >= 4 is 23.2 Å². The van der Waals surface area contributed by atoms with E-state index in [2.05, 4.69) is 5.38 Å². The minimum Gasteiger partial charge on any atom is -0.338 e. The molecule has 2 aliphatic heterocycles. The summed E-state index contributed by atoms with van der Waals surface area (Å²) >= 11 is 1.60. The smallest absolute Gasteiger partial charge is 0.338 e. The molecule has 2 aliphatic rings. The molecule has 2 fully saturated rings. The molecule has 2 amide bonds. The van der Waals surface area contributed by atoms with Gasteiger partial charge in [0, 0.05) is 26.1 Å². The number of likely N-dealkylation sites (tertiary alicyclic amines) is 2. The first-order valence-electron chi connectivity index (χ1n) is 9.59. The molecule has 29 heavy (non-hydrogen) atoms. The lowest BCUT2D eigenvalue weighted by Crippen LogP contribution is -2.36. The van der Waals surface area contributed by atoms with Crippen molar-refractivity contribution in [3.8, 4) is 0 Å². The summed E-state index contributed by atoms with van der Waals surface area (Å²) in [6.07, 6.45) is -2.46. The van der Waals surface area contributed by atoms with E-state index in [0.29, 0.717) is 12.1 Å². The van der Waals surface area contributed by atoms with E-state index in [0.717, 1.165) is 30.5 Å². The first kappa shape index (κ1) is 19.9. The summed E-state index contributed by atoms with van der Waals surface area (Å²) in [5, 5.41) is 4.04. The molecule has 2 atom stereocenters. The van der Waals surface area contributed by atoms with Crippen molar-refractivity contribution in [2.75, 3.05) is 13.1 Å². The number of benzene rings is 1. The molecule has 2 aromatic rings. The molecule has 0 saturated carbocycles. The van der Waals surface area contributed by atoms with Crippen molar-refractivity contribution in [2.45, 2.75) is 38.0 Å². The molecule has 0 aliphatic carbocycles. The Balaban J connectivity index is 1.43.